The van der Waals surface area contributed by atoms with Crippen LogP contribution in [0.5, 0.6) is 0 Å². The second kappa shape index (κ2) is 5.80. The summed E-state index contributed by atoms with van der Waals surface area (Å²) in [6.45, 7) is 8.82. The fraction of sp³-hybridized carbons (Fsp3) is 0.957. The highest BCUT2D eigenvalue weighted by molar-refractivity contribution is 5.79. The molecule has 0 radical (unpaired) electrons. The van der Waals surface area contributed by atoms with Gasteiger partial charge in [-0.1, -0.05) is 13.8 Å². The lowest BCUT2D eigenvalue weighted by atomic mass is 9.44. The van der Waals surface area contributed by atoms with Crippen molar-refractivity contribution in [2.45, 2.75) is 84.3 Å². The van der Waals surface area contributed by atoms with Gasteiger partial charge in [0.2, 0.25) is 0 Å². The molecule has 5 aliphatic rings. The van der Waals surface area contributed by atoms with Crippen molar-refractivity contribution in [3.63, 3.8) is 0 Å². The maximum Gasteiger partial charge on any atom is 0.169 e. The molecule has 4 aliphatic carbocycles. The van der Waals surface area contributed by atoms with Gasteiger partial charge in [-0.3, -0.25) is 4.79 Å². The highest BCUT2D eigenvalue weighted by Gasteiger charge is 2.63. The van der Waals surface area contributed by atoms with Crippen LogP contribution in [0.3, 0.4) is 0 Å². The Morgan fingerprint density at radius 1 is 0.846 bits per heavy atom. The van der Waals surface area contributed by atoms with Crippen molar-refractivity contribution in [2.75, 3.05) is 13.2 Å². The molecular formula is C23H36O3. The van der Waals surface area contributed by atoms with Crippen molar-refractivity contribution in [1.82, 2.24) is 0 Å². The summed E-state index contributed by atoms with van der Waals surface area (Å²) in [5, 5.41) is 0. The van der Waals surface area contributed by atoms with Crippen molar-refractivity contribution in [3.05, 3.63) is 0 Å². The van der Waals surface area contributed by atoms with Crippen LogP contribution in [0, 0.1) is 40.4 Å². The first kappa shape index (κ1) is 17.7. The molecule has 0 N–H and O–H groups in total. The van der Waals surface area contributed by atoms with Crippen LogP contribution in [0.25, 0.3) is 0 Å². The molecule has 4 saturated carbocycles. The molecule has 0 aromatic rings. The van der Waals surface area contributed by atoms with Gasteiger partial charge in [-0.25, -0.2) is 0 Å². The molecule has 0 aromatic carbocycles. The summed E-state index contributed by atoms with van der Waals surface area (Å²) in [6.07, 6.45) is 10.8. The number of Topliss-reactive ketones (excluding diaryl/α,β-unsaturated/α-hetero) is 1. The third kappa shape index (κ3) is 2.28. The Labute approximate surface area is 158 Å². The molecule has 3 heteroatoms. The fourth-order valence-corrected chi connectivity index (χ4v) is 8.64. The molecule has 1 saturated heterocycles. The van der Waals surface area contributed by atoms with Gasteiger partial charge in [-0.15, -0.1) is 0 Å². The Morgan fingerprint density at radius 3 is 2.35 bits per heavy atom. The average Bonchev–Trinajstić information content (AvgIpc) is 3.19. The third-order valence-electron chi connectivity index (χ3n) is 9.98. The van der Waals surface area contributed by atoms with Crippen LogP contribution in [0.1, 0.15) is 78.6 Å². The summed E-state index contributed by atoms with van der Waals surface area (Å²) in [6, 6.07) is 0. The second-order valence-corrected chi connectivity index (χ2v) is 10.8. The number of hydrogen-bond acceptors (Lipinski definition) is 3. The van der Waals surface area contributed by atoms with E-state index in [1.54, 1.807) is 0 Å². The minimum Gasteiger partial charge on any atom is -0.348 e. The van der Waals surface area contributed by atoms with E-state index in [2.05, 4.69) is 20.8 Å². The number of fused-ring (bicyclic) bond motifs is 5. The number of ether oxygens (including phenoxy) is 2. The zero-order valence-corrected chi connectivity index (χ0v) is 16.9. The van der Waals surface area contributed by atoms with E-state index in [-0.39, 0.29) is 5.79 Å². The number of hydrogen-bond donors (Lipinski definition) is 0. The maximum absolute atomic E-state index is 12.1. The predicted octanol–water partition coefficient (Wildman–Crippen LogP) is 4.98. The molecule has 0 amide bonds. The molecule has 5 fully saturated rings. The Kier molecular flexibility index (Phi) is 3.94. The summed E-state index contributed by atoms with van der Waals surface area (Å²) in [5.74, 6) is 3.90. The van der Waals surface area contributed by atoms with Crippen LogP contribution in [-0.2, 0) is 14.3 Å². The lowest BCUT2D eigenvalue weighted by Crippen LogP contribution is -2.55. The van der Waals surface area contributed by atoms with Crippen molar-refractivity contribution in [2.24, 2.45) is 40.4 Å². The minimum absolute atomic E-state index is 0.352. The van der Waals surface area contributed by atoms with Crippen LogP contribution < -0.4 is 0 Å². The Bertz CT molecular complexity index is 594. The van der Waals surface area contributed by atoms with Crippen molar-refractivity contribution in [3.8, 4) is 0 Å². The summed E-state index contributed by atoms with van der Waals surface area (Å²) in [7, 11) is 0. The van der Waals surface area contributed by atoms with Gasteiger partial charge in [0.25, 0.3) is 0 Å². The molecule has 1 heterocycles. The van der Waals surface area contributed by atoms with E-state index in [0.717, 1.165) is 50.2 Å². The number of carbonyl (C=O) groups excluding carboxylic acids is 1. The fourth-order valence-electron chi connectivity index (χ4n) is 8.64. The van der Waals surface area contributed by atoms with Gasteiger partial charge in [0.15, 0.2) is 5.79 Å². The van der Waals surface area contributed by atoms with Crippen molar-refractivity contribution < 1.29 is 14.3 Å². The molecule has 0 unspecified atom stereocenters. The van der Waals surface area contributed by atoms with Crippen LogP contribution in [0.4, 0.5) is 0 Å². The number of carbonyl (C=O) groups is 1. The molecule has 5 rings (SSSR count). The van der Waals surface area contributed by atoms with E-state index in [9.17, 15) is 4.79 Å². The average molecular weight is 361 g/mol. The molecule has 0 spiro atoms. The normalized spacial score (nSPS) is 53.0. The Balaban J connectivity index is 1.42. The third-order valence-corrected chi connectivity index (χ3v) is 9.98. The smallest absolute Gasteiger partial charge is 0.169 e. The second-order valence-electron chi connectivity index (χ2n) is 10.8. The van der Waals surface area contributed by atoms with Gasteiger partial charge in [-0.05, 0) is 86.4 Å². The first-order valence-electron chi connectivity index (χ1n) is 11.2. The largest absolute Gasteiger partial charge is 0.348 e. The van der Waals surface area contributed by atoms with E-state index < -0.39 is 0 Å². The highest BCUT2D eigenvalue weighted by Crippen LogP contribution is 2.68. The molecule has 0 aromatic heterocycles. The van der Waals surface area contributed by atoms with Gasteiger partial charge in [0.05, 0.1) is 13.2 Å². The zero-order valence-electron chi connectivity index (χ0n) is 16.9. The lowest BCUT2D eigenvalue weighted by molar-refractivity contribution is -0.217. The van der Waals surface area contributed by atoms with E-state index >= 15 is 0 Å². The Morgan fingerprint density at radius 2 is 1.58 bits per heavy atom. The molecule has 146 valence electrons. The summed E-state index contributed by atoms with van der Waals surface area (Å²) < 4.78 is 12.3. The topological polar surface area (TPSA) is 35.5 Å². The van der Waals surface area contributed by atoms with Gasteiger partial charge in [-0.2, -0.15) is 0 Å². The van der Waals surface area contributed by atoms with E-state index in [1.807, 2.05) is 0 Å². The highest BCUT2D eigenvalue weighted by atomic mass is 16.7. The minimum atomic E-state index is -0.352. The molecule has 1 aliphatic heterocycles. The van der Waals surface area contributed by atoms with Gasteiger partial charge < -0.3 is 9.47 Å². The lowest BCUT2D eigenvalue weighted by Gasteiger charge is -2.60. The summed E-state index contributed by atoms with van der Waals surface area (Å²) in [4.78, 5) is 12.1. The van der Waals surface area contributed by atoms with Gasteiger partial charge in [0, 0.05) is 18.8 Å². The standard InChI is InChI=1S/C23H36O3/c1-21-10-8-16(24)14-15(21)4-5-17-18-6-7-20(23(3)25-12-13-26-23)22(18,2)11-9-19(17)21/h15,17-20H,4-14H2,1-3H3/t15-,17-,18+,19-,20+,21-,22-/m0/s1. The van der Waals surface area contributed by atoms with Gasteiger partial charge >= 0.3 is 0 Å². The zero-order chi connectivity index (χ0) is 18.2. The van der Waals surface area contributed by atoms with Crippen LogP contribution in [0.15, 0.2) is 0 Å². The molecular weight excluding hydrogens is 324 g/mol. The summed E-state index contributed by atoms with van der Waals surface area (Å²) >= 11 is 0. The molecule has 26 heavy (non-hydrogen) atoms. The van der Waals surface area contributed by atoms with Crippen LogP contribution in [-0.4, -0.2) is 24.8 Å². The predicted molar refractivity (Wildman–Crippen MR) is 101 cm³/mol. The van der Waals surface area contributed by atoms with Gasteiger partial charge in [0.1, 0.15) is 5.78 Å². The number of ketones is 1. The molecule has 7 atom stereocenters. The Hall–Kier alpha value is -0.410. The maximum atomic E-state index is 12.1. The monoisotopic (exact) mass is 360 g/mol. The molecule has 0 bridgehead atoms. The molecule has 3 nitrogen and oxygen atoms in total. The van der Waals surface area contributed by atoms with Crippen LogP contribution in [0.2, 0.25) is 0 Å². The van der Waals surface area contributed by atoms with Crippen LogP contribution >= 0.6 is 0 Å². The summed E-state index contributed by atoms with van der Waals surface area (Å²) in [5.41, 5.74) is 0.786. The first-order valence-corrected chi connectivity index (χ1v) is 11.2. The quantitative estimate of drug-likeness (QED) is 0.662. The van der Waals surface area contributed by atoms with Crippen molar-refractivity contribution in [1.29, 1.82) is 0 Å². The first-order chi connectivity index (χ1) is 12.4. The van der Waals surface area contributed by atoms with E-state index in [4.69, 9.17) is 9.47 Å². The number of rotatable bonds is 1. The van der Waals surface area contributed by atoms with E-state index in [1.165, 1.54) is 38.5 Å². The van der Waals surface area contributed by atoms with E-state index in [0.29, 0.717) is 28.4 Å². The van der Waals surface area contributed by atoms with Crippen molar-refractivity contribution >= 4 is 5.78 Å². The SMILES string of the molecule is CC1([C@@H]2CC[C@@H]3[C@@H]4CC[C@H]5CC(=O)CC[C@]5(C)[C@H]4CC[C@@]32C)OCCO1.